The van der Waals surface area contributed by atoms with Crippen LogP contribution >= 0.6 is 9.24 Å². The Morgan fingerprint density at radius 2 is 2.14 bits per heavy atom. The van der Waals surface area contributed by atoms with Gasteiger partial charge in [0.05, 0.1) is 0 Å². The number of aromatic hydroxyl groups is 1. The van der Waals surface area contributed by atoms with Crippen LogP contribution in [0.1, 0.15) is 25.3 Å². The predicted octanol–water partition coefficient (Wildman–Crippen LogP) is 2.79. The highest BCUT2D eigenvalue weighted by Gasteiger charge is 2.02. The van der Waals surface area contributed by atoms with Crippen molar-refractivity contribution in [3.63, 3.8) is 0 Å². The first kappa shape index (κ1) is 11.3. The van der Waals surface area contributed by atoms with Crippen LogP contribution in [-0.4, -0.2) is 5.11 Å². The summed E-state index contributed by atoms with van der Waals surface area (Å²) in [4.78, 5) is 0. The van der Waals surface area contributed by atoms with E-state index in [1.807, 2.05) is 12.1 Å². The van der Waals surface area contributed by atoms with E-state index >= 15 is 0 Å². The van der Waals surface area contributed by atoms with Crippen LogP contribution in [0, 0.1) is 0 Å². The lowest BCUT2D eigenvalue weighted by Crippen LogP contribution is -2.00. The zero-order valence-corrected chi connectivity index (χ0v) is 9.69. The molecule has 0 spiro atoms. The first-order chi connectivity index (χ1) is 6.75. The lowest BCUT2D eigenvalue weighted by molar-refractivity contribution is 0.469. The minimum absolute atomic E-state index is 0.405. The summed E-state index contributed by atoms with van der Waals surface area (Å²) in [5, 5.41) is 10.7. The average Bonchev–Trinajstić information content (AvgIpc) is 2.16. The van der Waals surface area contributed by atoms with E-state index in [1.165, 1.54) is 0 Å². The molecule has 0 saturated heterocycles. The van der Waals surface area contributed by atoms with Gasteiger partial charge in [-0.2, -0.15) is 0 Å². The monoisotopic (exact) mass is 208 g/mol. The Labute approximate surface area is 88.1 Å². The molecule has 14 heavy (non-hydrogen) atoms. The smallest absolute Gasteiger partial charge is 0.119 e. The molecule has 0 heterocycles. The van der Waals surface area contributed by atoms with Crippen molar-refractivity contribution in [3.05, 3.63) is 35.9 Å². The number of hydrogen-bond acceptors (Lipinski definition) is 1. The Kier molecular flexibility index (Phi) is 4.69. The highest BCUT2D eigenvalue weighted by molar-refractivity contribution is 7.27. The van der Waals surface area contributed by atoms with Gasteiger partial charge in [-0.3, -0.25) is 0 Å². The van der Waals surface area contributed by atoms with E-state index in [4.69, 9.17) is 0 Å². The molecular formula is C12H17OP. The quantitative estimate of drug-likeness (QED) is 0.596. The van der Waals surface area contributed by atoms with Crippen LogP contribution in [0.2, 0.25) is 0 Å². The third-order valence-corrected chi connectivity index (χ3v) is 2.69. The van der Waals surface area contributed by atoms with Crippen molar-refractivity contribution in [1.82, 2.24) is 0 Å². The summed E-state index contributed by atoms with van der Waals surface area (Å²) in [5.41, 5.74) is 1.04. The van der Waals surface area contributed by atoms with Gasteiger partial charge in [-0.15, -0.1) is 9.24 Å². The Hall–Kier alpha value is -0.810. The van der Waals surface area contributed by atoms with Gasteiger partial charge in [0, 0.05) is 5.56 Å². The van der Waals surface area contributed by atoms with E-state index in [1.54, 1.807) is 6.07 Å². The van der Waals surface area contributed by atoms with Gasteiger partial charge in [0.2, 0.25) is 0 Å². The summed E-state index contributed by atoms with van der Waals surface area (Å²) in [5.74, 6) is 0.405. The van der Waals surface area contributed by atoms with Gasteiger partial charge in [-0.05, 0) is 30.6 Å². The molecule has 0 aliphatic carbocycles. The number of benzene rings is 1. The van der Waals surface area contributed by atoms with E-state index in [0.29, 0.717) is 5.75 Å². The number of hydrogen-bond donors (Lipinski definition) is 1. The highest BCUT2D eigenvalue weighted by atomic mass is 31.0. The third kappa shape index (κ3) is 3.16. The van der Waals surface area contributed by atoms with Crippen molar-refractivity contribution in [1.29, 1.82) is 0 Å². The maximum Gasteiger partial charge on any atom is 0.119 e. The van der Waals surface area contributed by atoms with Crippen LogP contribution in [0.3, 0.4) is 0 Å². The van der Waals surface area contributed by atoms with E-state index < -0.39 is 0 Å². The second-order valence-electron chi connectivity index (χ2n) is 3.26. The van der Waals surface area contributed by atoms with Crippen LogP contribution < -0.4 is 5.30 Å². The van der Waals surface area contributed by atoms with Gasteiger partial charge < -0.3 is 5.11 Å². The topological polar surface area (TPSA) is 20.2 Å². The first-order valence-corrected chi connectivity index (χ1v) is 5.54. The Bertz CT molecular complexity index is 298. The van der Waals surface area contributed by atoms with Crippen molar-refractivity contribution < 1.29 is 5.11 Å². The van der Waals surface area contributed by atoms with Crippen molar-refractivity contribution >= 4 is 14.5 Å². The molecule has 0 fully saturated rings. The van der Waals surface area contributed by atoms with Crippen LogP contribution in [0.15, 0.2) is 30.4 Å². The summed E-state index contributed by atoms with van der Waals surface area (Å²) in [6.07, 6.45) is 7.29. The molecule has 0 amide bonds. The van der Waals surface area contributed by atoms with E-state index in [2.05, 4.69) is 28.3 Å². The standard InChI is InChI=1S/C12H17OP/c1-2-3-4-5-7-10-11(13)8-6-9-12(10)14/h3-4,6,8-9,13H,2,5,7,14H2,1H3. The van der Waals surface area contributed by atoms with Gasteiger partial charge in [0.1, 0.15) is 5.75 Å². The lowest BCUT2D eigenvalue weighted by atomic mass is 10.1. The molecule has 1 nitrogen and oxygen atoms in total. The molecule has 0 saturated carbocycles. The van der Waals surface area contributed by atoms with Crippen LogP contribution in [0.4, 0.5) is 0 Å². The lowest BCUT2D eigenvalue weighted by Gasteiger charge is -2.05. The minimum Gasteiger partial charge on any atom is -0.508 e. The molecule has 1 aromatic carbocycles. The molecule has 1 N–H and O–H groups in total. The van der Waals surface area contributed by atoms with Gasteiger partial charge in [0.25, 0.3) is 0 Å². The molecule has 76 valence electrons. The molecule has 1 unspecified atom stereocenters. The maximum absolute atomic E-state index is 9.61. The second-order valence-corrected chi connectivity index (χ2v) is 3.89. The zero-order valence-electron chi connectivity index (χ0n) is 8.53. The fourth-order valence-corrected chi connectivity index (χ4v) is 1.78. The highest BCUT2D eigenvalue weighted by Crippen LogP contribution is 2.17. The van der Waals surface area contributed by atoms with Crippen LogP contribution in [0.25, 0.3) is 0 Å². The van der Waals surface area contributed by atoms with Crippen LogP contribution in [-0.2, 0) is 6.42 Å². The summed E-state index contributed by atoms with van der Waals surface area (Å²) < 4.78 is 0. The number of rotatable bonds is 4. The maximum atomic E-state index is 9.61. The summed E-state index contributed by atoms with van der Waals surface area (Å²) in [6, 6.07) is 5.61. The summed E-state index contributed by atoms with van der Waals surface area (Å²) >= 11 is 0. The molecule has 1 rings (SSSR count). The summed E-state index contributed by atoms with van der Waals surface area (Å²) in [6.45, 7) is 2.12. The summed E-state index contributed by atoms with van der Waals surface area (Å²) in [7, 11) is 2.66. The molecule has 1 atom stereocenters. The molecule has 0 aromatic heterocycles. The Morgan fingerprint density at radius 3 is 2.79 bits per heavy atom. The van der Waals surface area contributed by atoms with E-state index in [9.17, 15) is 5.11 Å². The molecule has 2 heteroatoms. The van der Waals surface area contributed by atoms with Gasteiger partial charge in [-0.1, -0.05) is 31.2 Å². The van der Waals surface area contributed by atoms with Crippen molar-refractivity contribution in [3.8, 4) is 5.75 Å². The fourth-order valence-electron chi connectivity index (χ4n) is 1.38. The number of phenols is 1. The Balaban J connectivity index is 2.62. The van der Waals surface area contributed by atoms with Crippen molar-refractivity contribution in [2.24, 2.45) is 0 Å². The average molecular weight is 208 g/mol. The predicted molar refractivity (Wildman–Crippen MR) is 65.2 cm³/mol. The minimum atomic E-state index is 0.405. The number of phenolic OH excluding ortho intramolecular Hbond substituents is 1. The largest absolute Gasteiger partial charge is 0.508 e. The van der Waals surface area contributed by atoms with E-state index in [0.717, 1.165) is 30.1 Å². The number of allylic oxidation sites excluding steroid dienone is 2. The Morgan fingerprint density at radius 1 is 1.36 bits per heavy atom. The molecular weight excluding hydrogens is 191 g/mol. The molecule has 0 bridgehead atoms. The molecule has 0 aliphatic rings. The van der Waals surface area contributed by atoms with Gasteiger partial charge in [0.15, 0.2) is 0 Å². The van der Waals surface area contributed by atoms with Gasteiger partial charge in [-0.25, -0.2) is 0 Å². The van der Waals surface area contributed by atoms with Crippen molar-refractivity contribution in [2.45, 2.75) is 26.2 Å². The molecule has 0 aliphatic heterocycles. The van der Waals surface area contributed by atoms with Crippen LogP contribution in [0.5, 0.6) is 5.75 Å². The van der Waals surface area contributed by atoms with E-state index in [-0.39, 0.29) is 0 Å². The third-order valence-electron chi connectivity index (χ3n) is 2.15. The molecule has 1 aromatic rings. The fraction of sp³-hybridized carbons (Fsp3) is 0.333. The molecule has 0 radical (unpaired) electrons. The first-order valence-electron chi connectivity index (χ1n) is 4.97. The SMILES string of the molecule is CCC=CCCc1c(O)cccc1P. The zero-order chi connectivity index (χ0) is 10.4. The van der Waals surface area contributed by atoms with Crippen molar-refractivity contribution in [2.75, 3.05) is 0 Å². The second kappa shape index (κ2) is 5.82. The normalized spacial score (nSPS) is 11.0. The van der Waals surface area contributed by atoms with Gasteiger partial charge >= 0.3 is 0 Å².